The van der Waals surface area contributed by atoms with Crippen molar-refractivity contribution in [2.75, 3.05) is 5.73 Å². The molecule has 4 N–H and O–H groups in total. The Morgan fingerprint density at radius 3 is 1.47 bits per heavy atom. The van der Waals surface area contributed by atoms with Crippen molar-refractivity contribution < 1.29 is 25.9 Å². The molecule has 0 aliphatic carbocycles. The Hall–Kier alpha value is -5.08. The van der Waals surface area contributed by atoms with E-state index in [-0.39, 0.29) is 16.5 Å². The monoisotopic (exact) mass is 611 g/mol. The molecule has 0 saturated heterocycles. The normalized spacial score (nSPS) is 12.7. The summed E-state index contributed by atoms with van der Waals surface area (Å²) in [7, 11) is -9.18. The van der Waals surface area contributed by atoms with E-state index in [1.54, 1.807) is 24.3 Å². The van der Waals surface area contributed by atoms with E-state index >= 15 is 0 Å². The molecule has 214 valence electrons. The Morgan fingerprint density at radius 2 is 0.930 bits per heavy atom. The molecular weight excluding hydrogens is 590 g/mol. The van der Waals surface area contributed by atoms with Crippen molar-refractivity contribution in [1.29, 1.82) is 0 Å². The number of azo groups is 2. The summed E-state index contributed by atoms with van der Waals surface area (Å²) in [6.45, 7) is 0. The second kappa shape index (κ2) is 10.6. The van der Waals surface area contributed by atoms with Crippen molar-refractivity contribution in [2.24, 2.45) is 20.5 Å². The highest BCUT2D eigenvalue weighted by molar-refractivity contribution is 7.86. The molecule has 6 aromatic carbocycles. The van der Waals surface area contributed by atoms with Gasteiger partial charge >= 0.3 is 0 Å². The minimum atomic E-state index is -4.62. The van der Waals surface area contributed by atoms with Crippen LogP contribution in [0.2, 0.25) is 0 Å². The molecule has 0 bridgehead atoms. The van der Waals surface area contributed by atoms with E-state index in [4.69, 9.17) is 5.73 Å². The van der Waals surface area contributed by atoms with Crippen LogP contribution in [0.3, 0.4) is 0 Å². The van der Waals surface area contributed by atoms with Gasteiger partial charge < -0.3 is 5.73 Å². The Bertz CT molecular complexity index is 2370. The van der Waals surface area contributed by atoms with Gasteiger partial charge in [-0.1, -0.05) is 54.6 Å². The molecule has 43 heavy (non-hydrogen) atoms. The van der Waals surface area contributed by atoms with Gasteiger partial charge in [-0.3, -0.25) is 9.11 Å². The summed E-state index contributed by atoms with van der Waals surface area (Å²) in [6.07, 6.45) is 0. The van der Waals surface area contributed by atoms with Crippen molar-refractivity contribution in [1.82, 2.24) is 0 Å². The zero-order valence-corrected chi connectivity index (χ0v) is 23.7. The summed E-state index contributed by atoms with van der Waals surface area (Å²) in [5.41, 5.74) is 8.32. The van der Waals surface area contributed by atoms with Gasteiger partial charge in [0, 0.05) is 32.6 Å². The van der Waals surface area contributed by atoms with Crippen LogP contribution in [0.15, 0.2) is 133 Å². The molecule has 0 aliphatic heterocycles. The summed E-state index contributed by atoms with van der Waals surface area (Å²) >= 11 is 0. The van der Waals surface area contributed by atoms with Crippen LogP contribution in [0.5, 0.6) is 0 Å². The summed E-state index contributed by atoms with van der Waals surface area (Å²) in [5, 5.41) is 21.1. The third-order valence-corrected chi connectivity index (χ3v) is 8.50. The fourth-order valence-corrected chi connectivity index (χ4v) is 5.78. The predicted octanol–water partition coefficient (Wildman–Crippen LogP) is 8.05. The lowest BCUT2D eigenvalue weighted by atomic mass is 10.1. The number of anilines is 1. The third kappa shape index (κ3) is 5.57. The van der Waals surface area contributed by atoms with Gasteiger partial charge in [0.2, 0.25) is 0 Å². The van der Waals surface area contributed by atoms with E-state index < -0.39 is 30.0 Å². The van der Waals surface area contributed by atoms with E-state index in [0.717, 1.165) is 35.0 Å². The van der Waals surface area contributed by atoms with Crippen molar-refractivity contribution in [3.05, 3.63) is 103 Å². The van der Waals surface area contributed by atoms with Gasteiger partial charge in [0.25, 0.3) is 20.2 Å². The van der Waals surface area contributed by atoms with Crippen LogP contribution in [-0.4, -0.2) is 25.9 Å². The van der Waals surface area contributed by atoms with Gasteiger partial charge in [0.05, 0.1) is 32.5 Å². The number of nitrogens with zero attached hydrogens (tertiary/aromatic N) is 4. The lowest BCUT2D eigenvalue weighted by Crippen LogP contribution is -1.99. The molecule has 6 aromatic rings. The lowest BCUT2D eigenvalue weighted by Gasteiger charge is -2.08. The molecule has 0 fully saturated rings. The molecule has 0 unspecified atom stereocenters. The van der Waals surface area contributed by atoms with E-state index in [0.29, 0.717) is 33.5 Å². The smallest absolute Gasteiger partial charge is 0.294 e. The number of nitrogen functional groups attached to an aromatic ring is 1. The molecule has 11 nitrogen and oxygen atoms in total. The standard InChI is InChI=1S/C30H21N5O6S2/c31-26-11-12-27(22-6-2-1-5-21(22)26)32-33-28-13-14-29(24-8-4-3-7-23(24)28)34-35-30-17-20(43(39,40)41)15-18-9-10-19(16-25(18)30)42(36,37)38/h1-17H,31H2,(H,36,37,38)(H,39,40,41). The molecule has 0 atom stereocenters. The number of benzene rings is 6. The Kier molecular flexibility index (Phi) is 6.94. The van der Waals surface area contributed by atoms with Crippen LogP contribution >= 0.6 is 0 Å². The quantitative estimate of drug-likeness (QED) is 0.0965. The molecule has 0 amide bonds. The van der Waals surface area contributed by atoms with Crippen molar-refractivity contribution in [2.45, 2.75) is 9.79 Å². The summed E-state index contributed by atoms with van der Waals surface area (Å²) in [4.78, 5) is -0.866. The first-order chi connectivity index (χ1) is 20.5. The second-order valence-corrected chi connectivity index (χ2v) is 12.4. The highest BCUT2D eigenvalue weighted by Crippen LogP contribution is 2.38. The van der Waals surface area contributed by atoms with Crippen molar-refractivity contribution >= 4 is 81.0 Å². The number of hydrogen-bond acceptors (Lipinski definition) is 9. The first-order valence-electron chi connectivity index (χ1n) is 12.6. The van der Waals surface area contributed by atoms with Gasteiger partial charge in [0.15, 0.2) is 0 Å². The van der Waals surface area contributed by atoms with Crippen LogP contribution in [0.4, 0.5) is 28.4 Å². The molecule has 13 heteroatoms. The predicted molar refractivity (Wildman–Crippen MR) is 164 cm³/mol. The van der Waals surface area contributed by atoms with E-state index in [1.165, 1.54) is 6.07 Å². The number of nitrogens with two attached hydrogens (primary N) is 1. The average Bonchev–Trinajstić information content (AvgIpc) is 2.98. The largest absolute Gasteiger partial charge is 0.398 e. The van der Waals surface area contributed by atoms with Crippen LogP contribution < -0.4 is 5.73 Å². The maximum Gasteiger partial charge on any atom is 0.294 e. The first kappa shape index (κ1) is 28.1. The minimum Gasteiger partial charge on any atom is -0.398 e. The fourth-order valence-electron chi connectivity index (χ4n) is 4.73. The molecule has 0 aliphatic rings. The minimum absolute atomic E-state index is 0.0429. The Labute approximate surface area is 245 Å². The van der Waals surface area contributed by atoms with Crippen LogP contribution in [-0.2, 0) is 20.2 Å². The topological polar surface area (TPSA) is 184 Å². The summed E-state index contributed by atoms with van der Waals surface area (Å²) < 4.78 is 66.5. The number of rotatable bonds is 6. The number of fused-ring (bicyclic) bond motifs is 3. The molecule has 0 saturated carbocycles. The van der Waals surface area contributed by atoms with Crippen molar-refractivity contribution in [3.63, 3.8) is 0 Å². The maximum atomic E-state index is 11.9. The first-order valence-corrected chi connectivity index (χ1v) is 15.5. The Balaban J connectivity index is 1.45. The van der Waals surface area contributed by atoms with Gasteiger partial charge in [-0.15, -0.1) is 20.5 Å². The Morgan fingerprint density at radius 1 is 0.465 bits per heavy atom. The molecule has 0 spiro atoms. The van der Waals surface area contributed by atoms with Crippen molar-refractivity contribution in [3.8, 4) is 0 Å². The zero-order valence-electron chi connectivity index (χ0n) is 22.0. The highest BCUT2D eigenvalue weighted by Gasteiger charge is 2.17. The molecule has 6 rings (SSSR count). The van der Waals surface area contributed by atoms with Crippen LogP contribution in [0.1, 0.15) is 0 Å². The van der Waals surface area contributed by atoms with Gasteiger partial charge in [-0.25, -0.2) is 0 Å². The molecule has 0 radical (unpaired) electrons. The fraction of sp³-hybridized carbons (Fsp3) is 0. The van der Waals surface area contributed by atoms with Gasteiger partial charge in [0.1, 0.15) is 0 Å². The molecule has 0 aromatic heterocycles. The maximum absolute atomic E-state index is 11.9. The lowest BCUT2D eigenvalue weighted by molar-refractivity contribution is 0.481. The van der Waals surface area contributed by atoms with Gasteiger partial charge in [-0.2, -0.15) is 16.8 Å². The van der Waals surface area contributed by atoms with Gasteiger partial charge in [-0.05, 0) is 53.9 Å². The van der Waals surface area contributed by atoms with Crippen LogP contribution in [0.25, 0.3) is 32.3 Å². The molecular formula is C30H21N5O6S2. The molecule has 0 heterocycles. The number of hydrogen-bond donors (Lipinski definition) is 3. The van der Waals surface area contributed by atoms with Crippen LogP contribution in [0, 0.1) is 0 Å². The zero-order chi connectivity index (χ0) is 30.4. The van der Waals surface area contributed by atoms with E-state index in [1.807, 2.05) is 48.5 Å². The summed E-state index contributed by atoms with van der Waals surface area (Å²) in [6, 6.07) is 27.7. The second-order valence-electron chi connectivity index (χ2n) is 9.54. The SMILES string of the molecule is Nc1ccc(N=Nc2ccc(N=Nc3cc(S(=O)(=O)O)cc4ccc(S(=O)(=O)O)cc34)c3ccccc23)c2ccccc12. The third-order valence-electron chi connectivity index (χ3n) is 6.82. The van der Waals surface area contributed by atoms with E-state index in [9.17, 15) is 25.9 Å². The average molecular weight is 612 g/mol. The highest BCUT2D eigenvalue weighted by atomic mass is 32.2. The van der Waals surface area contributed by atoms with E-state index in [2.05, 4.69) is 20.5 Å². The summed E-state index contributed by atoms with van der Waals surface area (Å²) in [5.74, 6) is 0.